The van der Waals surface area contributed by atoms with Crippen molar-refractivity contribution in [2.45, 2.75) is 37.1 Å². The van der Waals surface area contributed by atoms with E-state index in [1.807, 2.05) is 0 Å². The van der Waals surface area contributed by atoms with Crippen molar-refractivity contribution in [2.75, 3.05) is 0 Å². The van der Waals surface area contributed by atoms with Gasteiger partial charge in [-0.3, -0.25) is 0 Å². The first-order valence-electron chi connectivity index (χ1n) is 10.5. The molecule has 3 nitrogen and oxygen atoms in total. The van der Waals surface area contributed by atoms with Crippen molar-refractivity contribution in [3.8, 4) is 0 Å². The van der Waals surface area contributed by atoms with Gasteiger partial charge in [-0.1, -0.05) is 53.6 Å². The van der Waals surface area contributed by atoms with E-state index in [0.29, 0.717) is 0 Å². The molecule has 3 rings (SSSR count). The topological polar surface area (TPSA) is 57.2 Å². The Morgan fingerprint density at radius 1 is 0.579 bits per heavy atom. The molecule has 0 N–H and O–H groups in total. The molecule has 0 spiro atoms. The highest BCUT2D eigenvalue weighted by Crippen LogP contribution is 2.54. The van der Waals surface area contributed by atoms with Crippen molar-refractivity contribution in [3.05, 3.63) is 90.0 Å². The summed E-state index contributed by atoms with van der Waals surface area (Å²) in [6.07, 6.45) is -7.16. The fourth-order valence-corrected chi connectivity index (χ4v) is 6.03. The molecule has 0 unspecified atom stereocenters. The summed E-state index contributed by atoms with van der Waals surface area (Å²) < 4.78 is 135. The van der Waals surface area contributed by atoms with Gasteiger partial charge in [0.1, 0.15) is 15.9 Å². The van der Waals surface area contributed by atoms with Crippen LogP contribution in [0.1, 0.15) is 11.1 Å². The molecular formula is C24H20F9O3PS. The van der Waals surface area contributed by atoms with Gasteiger partial charge < -0.3 is 4.55 Å². The van der Waals surface area contributed by atoms with Crippen LogP contribution in [0.3, 0.4) is 0 Å². The smallest absolute Gasteiger partial charge is 0.460 e. The maximum Gasteiger partial charge on any atom is 0.460 e. The Hall–Kier alpha value is -2.63. The highest BCUT2D eigenvalue weighted by molar-refractivity contribution is 7.86. The first kappa shape index (κ1) is 31.6. The average molecular weight is 590 g/mol. The van der Waals surface area contributed by atoms with Crippen LogP contribution in [0, 0.1) is 13.8 Å². The summed E-state index contributed by atoms with van der Waals surface area (Å²) in [6, 6.07) is 28.9. The van der Waals surface area contributed by atoms with Gasteiger partial charge in [0.25, 0.3) is 0 Å². The number of hydrogen-bond acceptors (Lipinski definition) is 3. The molecule has 3 aromatic carbocycles. The SMILES string of the molecule is Cc1ccc([PH+](c2ccccc2)c2ccc(C)cc2)cc1.O=S(=O)([O-])C(F)(F)C(F)(F)C(F)(F)C(F)(F)F. The van der Waals surface area contributed by atoms with Gasteiger partial charge in [-0.15, -0.1) is 0 Å². The lowest BCUT2D eigenvalue weighted by Gasteiger charge is -2.34. The van der Waals surface area contributed by atoms with E-state index in [9.17, 15) is 52.5 Å². The third-order valence-corrected chi connectivity index (χ3v) is 8.79. The van der Waals surface area contributed by atoms with Crippen molar-refractivity contribution in [1.82, 2.24) is 0 Å². The van der Waals surface area contributed by atoms with Crippen molar-refractivity contribution in [1.29, 1.82) is 0 Å². The van der Waals surface area contributed by atoms with Gasteiger partial charge in [-0.05, 0) is 50.2 Å². The molecule has 0 aliphatic rings. The van der Waals surface area contributed by atoms with Crippen LogP contribution in [0.15, 0.2) is 78.9 Å². The van der Waals surface area contributed by atoms with E-state index >= 15 is 0 Å². The molecule has 3 aromatic rings. The van der Waals surface area contributed by atoms with Gasteiger partial charge >= 0.3 is 23.3 Å². The molecule has 0 aromatic heterocycles. The van der Waals surface area contributed by atoms with E-state index in [-0.39, 0.29) is 0 Å². The number of rotatable bonds is 6. The zero-order valence-corrected chi connectivity index (χ0v) is 21.4. The predicted molar refractivity (Wildman–Crippen MR) is 127 cm³/mol. The lowest BCUT2D eigenvalue weighted by molar-refractivity contribution is -0.382. The van der Waals surface area contributed by atoms with Crippen LogP contribution in [0.4, 0.5) is 39.5 Å². The summed E-state index contributed by atoms with van der Waals surface area (Å²) in [7, 11) is -8.33. The van der Waals surface area contributed by atoms with Gasteiger partial charge in [0.05, 0.1) is 7.92 Å². The van der Waals surface area contributed by atoms with Crippen LogP contribution in [0.25, 0.3) is 0 Å². The maximum atomic E-state index is 12.2. The second-order valence-corrected chi connectivity index (χ2v) is 12.0. The molecule has 0 radical (unpaired) electrons. The minimum Gasteiger partial charge on any atom is -0.743 e. The van der Waals surface area contributed by atoms with E-state index in [4.69, 9.17) is 0 Å². The van der Waals surface area contributed by atoms with Crippen LogP contribution >= 0.6 is 7.92 Å². The molecule has 0 heterocycles. The summed E-state index contributed by atoms with van der Waals surface area (Å²) >= 11 is 0. The molecule has 0 aliphatic heterocycles. The molecule has 0 saturated heterocycles. The quantitative estimate of drug-likeness (QED) is 0.209. The number of alkyl halides is 9. The zero-order valence-electron chi connectivity index (χ0n) is 19.5. The zero-order chi connectivity index (χ0) is 29.2. The van der Waals surface area contributed by atoms with Crippen molar-refractivity contribution in [2.24, 2.45) is 0 Å². The molecule has 0 fully saturated rings. The third-order valence-electron chi connectivity index (χ3n) is 5.17. The van der Waals surface area contributed by atoms with Gasteiger partial charge in [-0.2, -0.15) is 39.5 Å². The summed E-state index contributed by atoms with van der Waals surface area (Å²) in [5.74, 6) is -14.8. The van der Waals surface area contributed by atoms with Crippen LogP contribution in [-0.2, 0) is 10.1 Å². The lowest BCUT2D eigenvalue weighted by atomic mass is 10.1. The van der Waals surface area contributed by atoms with Gasteiger partial charge in [-0.25, -0.2) is 8.42 Å². The highest BCUT2D eigenvalue weighted by atomic mass is 32.2. The van der Waals surface area contributed by atoms with Crippen molar-refractivity contribution >= 4 is 34.0 Å². The van der Waals surface area contributed by atoms with E-state index in [2.05, 4.69) is 92.7 Å². The highest BCUT2D eigenvalue weighted by Gasteiger charge is 2.83. The Balaban J connectivity index is 0.000000275. The molecule has 0 aliphatic carbocycles. The fourth-order valence-electron chi connectivity index (χ4n) is 3.06. The summed E-state index contributed by atoms with van der Waals surface area (Å²) in [4.78, 5) is 0. The standard InChI is InChI=1S/C20H19P.C4HF9O3S/c1-16-8-12-19(13-9-16)21(18-6-4-3-5-7-18)20-14-10-17(2)11-15-20;5-1(6,3(9,10)11)2(7,8)4(12,13)17(14,15)16/h3-15H,1-2H3;(H,14,15,16). The van der Waals surface area contributed by atoms with E-state index < -0.39 is 41.3 Å². The van der Waals surface area contributed by atoms with Crippen molar-refractivity contribution in [3.63, 3.8) is 0 Å². The third kappa shape index (κ3) is 6.50. The van der Waals surface area contributed by atoms with Gasteiger partial charge in [0, 0.05) is 0 Å². The molecule has 0 amide bonds. The molecule has 38 heavy (non-hydrogen) atoms. The van der Waals surface area contributed by atoms with E-state index in [1.54, 1.807) is 0 Å². The lowest BCUT2D eigenvalue weighted by Crippen LogP contribution is -2.63. The Bertz CT molecular complexity index is 1270. The molecule has 208 valence electrons. The number of halogens is 9. The molecule has 0 atom stereocenters. The molecule has 0 saturated carbocycles. The Kier molecular flexibility index (Phi) is 9.34. The van der Waals surface area contributed by atoms with Crippen LogP contribution < -0.4 is 15.9 Å². The summed E-state index contributed by atoms with van der Waals surface area (Å²) in [5.41, 5.74) is 2.63. The van der Waals surface area contributed by atoms with E-state index in [0.717, 1.165) is 0 Å². The largest absolute Gasteiger partial charge is 0.743 e. The second kappa shape index (κ2) is 11.2. The average Bonchev–Trinajstić information content (AvgIpc) is 2.81. The maximum absolute atomic E-state index is 12.2. The first-order valence-corrected chi connectivity index (χ1v) is 13.4. The van der Waals surface area contributed by atoms with Crippen LogP contribution in [0.5, 0.6) is 0 Å². The summed E-state index contributed by atoms with van der Waals surface area (Å²) in [5, 5.41) is -2.78. The number of aryl methyl sites for hydroxylation is 2. The van der Waals surface area contributed by atoms with Gasteiger partial charge in [0.2, 0.25) is 0 Å². The van der Waals surface area contributed by atoms with E-state index in [1.165, 1.54) is 27.0 Å². The first-order chi connectivity index (χ1) is 17.2. The molecular weight excluding hydrogens is 570 g/mol. The minimum absolute atomic E-state index is 0.910. The molecule has 14 heteroatoms. The fraction of sp³-hybridized carbons (Fsp3) is 0.250. The second-order valence-electron chi connectivity index (χ2n) is 8.09. The van der Waals surface area contributed by atoms with Gasteiger partial charge in [0.15, 0.2) is 10.1 Å². The summed E-state index contributed by atoms with van der Waals surface area (Å²) in [6.45, 7) is 4.29. The predicted octanol–water partition coefficient (Wildman–Crippen LogP) is 5.75. The minimum atomic E-state index is -7.43. The Morgan fingerprint density at radius 2 is 0.921 bits per heavy atom. The van der Waals surface area contributed by atoms with Crippen LogP contribution in [-0.4, -0.2) is 36.2 Å². The number of benzene rings is 3. The van der Waals surface area contributed by atoms with Crippen LogP contribution in [0.2, 0.25) is 0 Å². The number of hydrogen-bond donors (Lipinski definition) is 0. The van der Waals surface area contributed by atoms with Crippen molar-refractivity contribution < 1.29 is 52.5 Å². The monoisotopic (exact) mass is 590 g/mol. The Morgan fingerprint density at radius 3 is 1.24 bits per heavy atom. The normalized spacial score (nSPS) is 13.2. The molecule has 0 bridgehead atoms. The Labute approximate surface area is 213 Å².